The van der Waals surface area contributed by atoms with Gasteiger partial charge >= 0.3 is 6.18 Å². The molecule has 3 heterocycles. The molecule has 44 heavy (non-hydrogen) atoms. The Hall–Kier alpha value is -4.21. The van der Waals surface area contributed by atoms with Crippen molar-refractivity contribution in [1.82, 2.24) is 14.8 Å². The standard InChI is InChI=1S/C35H36F3N5O/c1-40-16-20-43(21-17-40)34-29(24-28-4-2-3-5-32(28)39-34)10-15-33(44)27-8-13-31(14-9-27)42-22-18-41(19-23-42)25-26-6-11-30(12-7-26)35(36,37)38/h2-15,24H,16-23,25H2,1H3/b15-10+. The van der Waals surface area contributed by atoms with Gasteiger partial charge in [0, 0.05) is 81.1 Å². The van der Waals surface area contributed by atoms with Crippen LogP contribution in [0.3, 0.4) is 0 Å². The number of rotatable bonds is 7. The maximum Gasteiger partial charge on any atom is 0.416 e. The Morgan fingerprint density at radius 3 is 2.16 bits per heavy atom. The Kier molecular flexibility index (Phi) is 8.68. The number of benzene rings is 3. The number of fused-ring (bicyclic) bond motifs is 1. The lowest BCUT2D eigenvalue weighted by atomic mass is 10.1. The fourth-order valence-corrected chi connectivity index (χ4v) is 5.84. The van der Waals surface area contributed by atoms with E-state index in [0.29, 0.717) is 12.1 Å². The fraction of sp³-hybridized carbons (Fsp3) is 0.314. The molecule has 6 rings (SSSR count). The van der Waals surface area contributed by atoms with E-state index in [0.717, 1.165) is 98.0 Å². The highest BCUT2D eigenvalue weighted by molar-refractivity contribution is 6.07. The molecular formula is C35H36F3N5O. The molecule has 1 aromatic heterocycles. The van der Waals surface area contributed by atoms with Crippen LogP contribution in [0, 0.1) is 0 Å². The monoisotopic (exact) mass is 599 g/mol. The number of halogens is 3. The van der Waals surface area contributed by atoms with Gasteiger partial charge < -0.3 is 14.7 Å². The molecule has 9 heteroatoms. The van der Waals surface area contributed by atoms with Crippen molar-refractivity contribution in [3.8, 4) is 0 Å². The van der Waals surface area contributed by atoms with Crippen molar-refractivity contribution in [3.05, 3.63) is 107 Å². The second kappa shape index (κ2) is 12.8. The lowest BCUT2D eigenvalue weighted by Crippen LogP contribution is -2.45. The summed E-state index contributed by atoms with van der Waals surface area (Å²) in [6.07, 6.45) is -0.789. The van der Waals surface area contributed by atoms with Crippen molar-refractivity contribution in [2.75, 3.05) is 69.2 Å². The molecule has 0 saturated carbocycles. The summed E-state index contributed by atoms with van der Waals surface area (Å²) < 4.78 is 38.6. The van der Waals surface area contributed by atoms with E-state index in [4.69, 9.17) is 4.98 Å². The van der Waals surface area contributed by atoms with Gasteiger partial charge in [0.25, 0.3) is 0 Å². The summed E-state index contributed by atoms with van der Waals surface area (Å²) in [7, 11) is 2.13. The smallest absolute Gasteiger partial charge is 0.369 e. The maximum atomic E-state index is 13.2. The molecule has 0 radical (unpaired) electrons. The minimum absolute atomic E-state index is 0.0598. The van der Waals surface area contributed by atoms with Crippen molar-refractivity contribution in [3.63, 3.8) is 0 Å². The average Bonchev–Trinajstić information content (AvgIpc) is 3.04. The molecule has 0 amide bonds. The Labute approximate surface area is 256 Å². The van der Waals surface area contributed by atoms with Gasteiger partial charge in [-0.05, 0) is 73.3 Å². The largest absolute Gasteiger partial charge is 0.416 e. The zero-order valence-corrected chi connectivity index (χ0v) is 24.8. The molecule has 2 saturated heterocycles. The number of piperazine rings is 2. The van der Waals surface area contributed by atoms with E-state index in [9.17, 15) is 18.0 Å². The summed E-state index contributed by atoms with van der Waals surface area (Å²) in [4.78, 5) is 27.3. The van der Waals surface area contributed by atoms with Gasteiger partial charge in [0.15, 0.2) is 5.78 Å². The molecule has 0 N–H and O–H groups in total. The van der Waals surface area contributed by atoms with Crippen molar-refractivity contribution in [2.24, 2.45) is 0 Å². The fourth-order valence-electron chi connectivity index (χ4n) is 5.84. The molecule has 2 aliphatic heterocycles. The van der Waals surface area contributed by atoms with E-state index in [2.05, 4.69) is 32.7 Å². The number of pyridine rings is 1. The number of hydrogen-bond acceptors (Lipinski definition) is 6. The molecule has 228 valence electrons. The summed E-state index contributed by atoms with van der Waals surface area (Å²) in [5.74, 6) is 0.851. The third-order valence-corrected chi connectivity index (χ3v) is 8.53. The topological polar surface area (TPSA) is 42.9 Å². The van der Waals surface area contributed by atoms with E-state index in [1.165, 1.54) is 0 Å². The molecule has 4 aromatic rings. The predicted octanol–water partition coefficient (Wildman–Crippen LogP) is 6.22. The molecule has 0 unspecified atom stereocenters. The van der Waals surface area contributed by atoms with Crippen LogP contribution in [0.2, 0.25) is 0 Å². The second-order valence-corrected chi connectivity index (χ2v) is 11.6. The van der Waals surface area contributed by atoms with E-state index >= 15 is 0 Å². The molecular weight excluding hydrogens is 563 g/mol. The number of anilines is 2. The van der Waals surface area contributed by atoms with Gasteiger partial charge in [-0.3, -0.25) is 9.69 Å². The van der Waals surface area contributed by atoms with E-state index < -0.39 is 11.7 Å². The van der Waals surface area contributed by atoms with Crippen LogP contribution in [-0.4, -0.2) is 80.0 Å². The molecule has 0 aliphatic carbocycles. The quantitative estimate of drug-likeness (QED) is 0.186. The number of para-hydroxylation sites is 1. The number of ketones is 1. The maximum absolute atomic E-state index is 13.2. The highest BCUT2D eigenvalue weighted by Crippen LogP contribution is 2.30. The number of allylic oxidation sites excluding steroid dienone is 1. The number of hydrogen-bond donors (Lipinski definition) is 0. The van der Waals surface area contributed by atoms with E-state index in [-0.39, 0.29) is 5.78 Å². The molecule has 3 aromatic carbocycles. The number of alkyl halides is 3. The third kappa shape index (κ3) is 6.95. The Morgan fingerprint density at radius 1 is 0.818 bits per heavy atom. The molecule has 2 aliphatic rings. The summed E-state index contributed by atoms with van der Waals surface area (Å²) in [6, 6.07) is 23.3. The predicted molar refractivity (Wildman–Crippen MR) is 170 cm³/mol. The first-order chi connectivity index (χ1) is 21.2. The zero-order valence-electron chi connectivity index (χ0n) is 24.8. The lowest BCUT2D eigenvalue weighted by Gasteiger charge is -2.36. The van der Waals surface area contributed by atoms with Crippen LogP contribution in [-0.2, 0) is 12.7 Å². The number of aromatic nitrogens is 1. The van der Waals surface area contributed by atoms with Gasteiger partial charge in [0.05, 0.1) is 11.1 Å². The molecule has 6 nitrogen and oxygen atoms in total. The van der Waals surface area contributed by atoms with Crippen LogP contribution < -0.4 is 9.80 Å². The minimum atomic E-state index is -4.32. The number of likely N-dealkylation sites (N-methyl/N-ethyl adjacent to an activating group) is 1. The van der Waals surface area contributed by atoms with Gasteiger partial charge in [-0.15, -0.1) is 0 Å². The Morgan fingerprint density at radius 2 is 1.48 bits per heavy atom. The molecule has 2 fully saturated rings. The Bertz CT molecular complexity index is 1620. The van der Waals surface area contributed by atoms with E-state index in [1.807, 2.05) is 54.6 Å². The van der Waals surface area contributed by atoms with Crippen molar-refractivity contribution < 1.29 is 18.0 Å². The van der Waals surface area contributed by atoms with Crippen LogP contribution in [0.25, 0.3) is 17.0 Å². The third-order valence-electron chi connectivity index (χ3n) is 8.53. The van der Waals surface area contributed by atoms with Crippen LogP contribution in [0.4, 0.5) is 24.7 Å². The first-order valence-electron chi connectivity index (χ1n) is 15.0. The van der Waals surface area contributed by atoms with Crippen LogP contribution in [0.1, 0.15) is 27.0 Å². The molecule has 0 atom stereocenters. The number of carbonyl (C=O) groups excluding carboxylic acids is 1. The number of nitrogens with zero attached hydrogens (tertiary/aromatic N) is 5. The zero-order chi connectivity index (χ0) is 30.7. The lowest BCUT2D eigenvalue weighted by molar-refractivity contribution is -0.137. The first kappa shape index (κ1) is 29.8. The van der Waals surface area contributed by atoms with Gasteiger partial charge in [0.1, 0.15) is 5.82 Å². The summed E-state index contributed by atoms with van der Waals surface area (Å²) >= 11 is 0. The van der Waals surface area contributed by atoms with Crippen molar-refractivity contribution in [1.29, 1.82) is 0 Å². The van der Waals surface area contributed by atoms with Crippen molar-refractivity contribution >= 4 is 34.3 Å². The minimum Gasteiger partial charge on any atom is -0.369 e. The van der Waals surface area contributed by atoms with E-state index in [1.54, 1.807) is 18.2 Å². The summed E-state index contributed by atoms with van der Waals surface area (Å²) in [5.41, 5.74) is 3.81. The first-order valence-corrected chi connectivity index (χ1v) is 15.0. The van der Waals surface area contributed by atoms with Gasteiger partial charge in [0.2, 0.25) is 0 Å². The van der Waals surface area contributed by atoms with Crippen LogP contribution in [0.5, 0.6) is 0 Å². The normalized spacial score (nSPS) is 17.1. The van der Waals surface area contributed by atoms with Gasteiger partial charge in [-0.2, -0.15) is 13.2 Å². The molecule has 0 bridgehead atoms. The van der Waals surface area contributed by atoms with Crippen LogP contribution in [0.15, 0.2) is 84.9 Å². The van der Waals surface area contributed by atoms with Gasteiger partial charge in [-0.25, -0.2) is 4.98 Å². The average molecular weight is 600 g/mol. The van der Waals surface area contributed by atoms with Gasteiger partial charge in [-0.1, -0.05) is 30.3 Å². The summed E-state index contributed by atoms with van der Waals surface area (Å²) in [6.45, 7) is 7.56. The highest BCUT2D eigenvalue weighted by atomic mass is 19.4. The highest BCUT2D eigenvalue weighted by Gasteiger charge is 2.30. The Balaban J connectivity index is 1.08. The number of carbonyl (C=O) groups is 1. The van der Waals surface area contributed by atoms with Crippen molar-refractivity contribution in [2.45, 2.75) is 12.7 Å². The summed E-state index contributed by atoms with van der Waals surface area (Å²) in [5, 5.41) is 1.04. The molecule has 0 spiro atoms. The second-order valence-electron chi connectivity index (χ2n) is 11.6. The van der Waals surface area contributed by atoms with Crippen LogP contribution >= 0.6 is 0 Å². The SMILES string of the molecule is CN1CCN(c2nc3ccccc3cc2/C=C/C(=O)c2ccc(N3CCN(Cc4ccc(C(F)(F)F)cc4)CC3)cc2)CC1.